The highest BCUT2D eigenvalue weighted by molar-refractivity contribution is 5.83. The van der Waals surface area contributed by atoms with Gasteiger partial charge in [-0.2, -0.15) is 0 Å². The Labute approximate surface area is 124 Å². The first-order valence-electron chi connectivity index (χ1n) is 7.02. The third-order valence-electron chi connectivity index (χ3n) is 3.78. The molecule has 0 bridgehead atoms. The predicted molar refractivity (Wildman–Crippen MR) is 83.8 cm³/mol. The van der Waals surface area contributed by atoms with Gasteiger partial charge >= 0.3 is 5.97 Å². The molecular weight excluding hydrogens is 266 g/mol. The molecule has 2 aromatic carbocycles. The van der Waals surface area contributed by atoms with Crippen molar-refractivity contribution in [2.75, 3.05) is 7.05 Å². The van der Waals surface area contributed by atoms with Crippen LogP contribution in [0.25, 0.3) is 10.8 Å². The molecule has 4 heteroatoms. The summed E-state index contributed by atoms with van der Waals surface area (Å²) in [5.74, 6) is -0.121. The Kier molecular flexibility index (Phi) is 4.48. The Balaban J connectivity index is 2.10. The fourth-order valence-electron chi connectivity index (χ4n) is 2.39. The number of benzene rings is 2. The number of nitrogens with one attached hydrogen (secondary N) is 1. The highest BCUT2D eigenvalue weighted by Crippen LogP contribution is 2.23. The monoisotopic (exact) mass is 287 g/mol. The second-order valence-corrected chi connectivity index (χ2v) is 5.53. The molecule has 2 atom stereocenters. The third-order valence-corrected chi connectivity index (χ3v) is 3.78. The molecule has 0 aliphatic rings. The highest BCUT2D eigenvalue weighted by Gasteiger charge is 2.33. The minimum atomic E-state index is -0.990. The van der Waals surface area contributed by atoms with Gasteiger partial charge in [0.25, 0.3) is 0 Å². The Hall–Kier alpha value is -2.07. The molecule has 0 radical (unpaired) electrons. The van der Waals surface area contributed by atoms with Crippen molar-refractivity contribution in [3.05, 3.63) is 42.5 Å². The first-order chi connectivity index (χ1) is 9.94. The van der Waals surface area contributed by atoms with Crippen LogP contribution >= 0.6 is 0 Å². The number of fused-ring (bicyclic) bond motifs is 1. The zero-order valence-electron chi connectivity index (χ0n) is 12.6. The largest absolute Gasteiger partial charge is 0.491 e. The molecular formula is C17H21NO3. The number of likely N-dealkylation sites (N-methyl/N-ethyl adjacent to an activating group) is 1. The first-order valence-corrected chi connectivity index (χ1v) is 7.02. The summed E-state index contributed by atoms with van der Waals surface area (Å²) in [4.78, 5) is 11.3. The van der Waals surface area contributed by atoms with Gasteiger partial charge in [-0.15, -0.1) is 0 Å². The van der Waals surface area contributed by atoms with E-state index in [1.165, 1.54) is 0 Å². The van der Waals surface area contributed by atoms with Gasteiger partial charge in [-0.3, -0.25) is 4.79 Å². The maximum absolute atomic E-state index is 11.3. The minimum absolute atomic E-state index is 0.209. The first kappa shape index (κ1) is 15.3. The molecule has 0 amide bonds. The molecule has 2 N–H and O–H groups in total. The van der Waals surface area contributed by atoms with E-state index in [2.05, 4.69) is 5.32 Å². The Morgan fingerprint density at radius 3 is 2.57 bits per heavy atom. The van der Waals surface area contributed by atoms with Crippen LogP contribution in [0.5, 0.6) is 5.75 Å². The Morgan fingerprint density at radius 1 is 1.29 bits per heavy atom. The average Bonchev–Trinajstić information content (AvgIpc) is 2.46. The summed E-state index contributed by atoms with van der Waals surface area (Å²) in [5.41, 5.74) is -0.990. The van der Waals surface area contributed by atoms with Gasteiger partial charge in [-0.05, 0) is 43.8 Å². The maximum atomic E-state index is 11.3. The molecule has 0 fully saturated rings. The zero-order chi connectivity index (χ0) is 15.5. The number of carboxylic acids is 1. The van der Waals surface area contributed by atoms with Crippen LogP contribution in [0.15, 0.2) is 42.5 Å². The van der Waals surface area contributed by atoms with Crippen molar-refractivity contribution >= 4 is 16.7 Å². The molecule has 0 aliphatic carbocycles. The topological polar surface area (TPSA) is 58.6 Å². The number of carboxylic acid groups (broad SMARTS) is 1. The van der Waals surface area contributed by atoms with E-state index >= 15 is 0 Å². The van der Waals surface area contributed by atoms with E-state index in [0.717, 1.165) is 16.5 Å². The van der Waals surface area contributed by atoms with Crippen LogP contribution in [0.2, 0.25) is 0 Å². The normalized spacial score (nSPS) is 15.4. The third kappa shape index (κ3) is 3.52. The van der Waals surface area contributed by atoms with Crippen molar-refractivity contribution < 1.29 is 14.6 Å². The standard InChI is InChI=1S/C17H21NO3/c1-12(11-17(2,18-3)16(19)20)21-15-9-8-13-6-4-5-7-14(13)10-15/h4-10,12,18H,11H2,1-3H3,(H,19,20). The molecule has 0 aromatic heterocycles. The van der Waals surface area contributed by atoms with E-state index in [1.807, 2.05) is 49.4 Å². The predicted octanol–water partition coefficient (Wildman–Crippen LogP) is 3.06. The molecule has 0 heterocycles. The molecule has 2 rings (SSSR count). The van der Waals surface area contributed by atoms with Gasteiger partial charge in [0.2, 0.25) is 0 Å². The number of hydrogen-bond donors (Lipinski definition) is 2. The van der Waals surface area contributed by atoms with Gasteiger partial charge in [-0.25, -0.2) is 0 Å². The summed E-state index contributed by atoms with van der Waals surface area (Å²) < 4.78 is 5.87. The van der Waals surface area contributed by atoms with Crippen LogP contribution < -0.4 is 10.1 Å². The van der Waals surface area contributed by atoms with E-state index in [9.17, 15) is 9.90 Å². The second kappa shape index (κ2) is 6.14. The number of ether oxygens (including phenoxy) is 1. The molecule has 112 valence electrons. The van der Waals surface area contributed by atoms with E-state index in [4.69, 9.17) is 4.74 Å². The van der Waals surface area contributed by atoms with E-state index < -0.39 is 11.5 Å². The van der Waals surface area contributed by atoms with Crippen LogP contribution in [0, 0.1) is 0 Å². The van der Waals surface area contributed by atoms with Crippen molar-refractivity contribution in [1.82, 2.24) is 5.32 Å². The number of carbonyl (C=O) groups is 1. The van der Waals surface area contributed by atoms with E-state index in [-0.39, 0.29) is 6.10 Å². The summed E-state index contributed by atoms with van der Waals surface area (Å²) in [6.45, 7) is 3.54. The van der Waals surface area contributed by atoms with Crippen LogP contribution in [-0.4, -0.2) is 29.8 Å². The van der Waals surface area contributed by atoms with Crippen molar-refractivity contribution in [3.63, 3.8) is 0 Å². The van der Waals surface area contributed by atoms with Crippen LogP contribution in [-0.2, 0) is 4.79 Å². The SMILES string of the molecule is CNC(C)(CC(C)Oc1ccc2ccccc2c1)C(=O)O. The molecule has 21 heavy (non-hydrogen) atoms. The van der Waals surface area contributed by atoms with Crippen LogP contribution in [0.4, 0.5) is 0 Å². The van der Waals surface area contributed by atoms with Gasteiger partial charge < -0.3 is 15.2 Å². The van der Waals surface area contributed by atoms with Gasteiger partial charge in [-0.1, -0.05) is 30.3 Å². The summed E-state index contributed by atoms with van der Waals surface area (Å²) in [6.07, 6.45) is 0.172. The van der Waals surface area contributed by atoms with Crippen LogP contribution in [0.3, 0.4) is 0 Å². The molecule has 2 aromatic rings. The Morgan fingerprint density at radius 2 is 1.95 bits per heavy atom. The lowest BCUT2D eigenvalue weighted by Crippen LogP contribution is -2.50. The lowest BCUT2D eigenvalue weighted by atomic mass is 9.95. The molecule has 0 saturated heterocycles. The minimum Gasteiger partial charge on any atom is -0.491 e. The molecule has 0 aliphatic heterocycles. The fraction of sp³-hybridized carbons (Fsp3) is 0.353. The van der Waals surface area contributed by atoms with Crippen molar-refractivity contribution in [1.29, 1.82) is 0 Å². The number of aliphatic carboxylic acids is 1. The van der Waals surface area contributed by atoms with Gasteiger partial charge in [0.1, 0.15) is 11.3 Å². The second-order valence-electron chi connectivity index (χ2n) is 5.53. The lowest BCUT2D eigenvalue weighted by molar-refractivity contribution is -0.145. The van der Waals surface area contributed by atoms with E-state index in [1.54, 1.807) is 14.0 Å². The summed E-state index contributed by atoms with van der Waals surface area (Å²) in [5, 5.41) is 14.4. The van der Waals surface area contributed by atoms with Crippen LogP contribution in [0.1, 0.15) is 20.3 Å². The maximum Gasteiger partial charge on any atom is 0.323 e. The van der Waals surface area contributed by atoms with Crippen molar-refractivity contribution in [3.8, 4) is 5.75 Å². The van der Waals surface area contributed by atoms with Gasteiger partial charge in [0.05, 0.1) is 6.10 Å². The summed E-state index contributed by atoms with van der Waals surface area (Å²) in [7, 11) is 1.65. The molecule has 2 unspecified atom stereocenters. The summed E-state index contributed by atoms with van der Waals surface area (Å²) in [6, 6.07) is 14.0. The van der Waals surface area contributed by atoms with Gasteiger partial charge in [0.15, 0.2) is 0 Å². The number of rotatable bonds is 6. The molecule has 0 spiro atoms. The van der Waals surface area contributed by atoms with Gasteiger partial charge in [0, 0.05) is 6.42 Å². The smallest absolute Gasteiger partial charge is 0.323 e. The summed E-state index contributed by atoms with van der Waals surface area (Å²) >= 11 is 0. The lowest BCUT2D eigenvalue weighted by Gasteiger charge is -2.27. The zero-order valence-corrected chi connectivity index (χ0v) is 12.6. The quantitative estimate of drug-likeness (QED) is 0.857. The fourth-order valence-corrected chi connectivity index (χ4v) is 2.39. The van der Waals surface area contributed by atoms with E-state index in [0.29, 0.717) is 6.42 Å². The van der Waals surface area contributed by atoms with Crippen molar-refractivity contribution in [2.24, 2.45) is 0 Å². The average molecular weight is 287 g/mol. The highest BCUT2D eigenvalue weighted by atomic mass is 16.5. The van der Waals surface area contributed by atoms with Crippen molar-refractivity contribution in [2.45, 2.75) is 31.9 Å². The molecule has 0 saturated carbocycles. The molecule has 4 nitrogen and oxygen atoms in total. The Bertz CT molecular complexity index is 641. The number of hydrogen-bond acceptors (Lipinski definition) is 3.